The first-order valence-electron chi connectivity index (χ1n) is 11.3. The lowest BCUT2D eigenvalue weighted by atomic mass is 9.93. The van der Waals surface area contributed by atoms with Crippen LogP contribution in [0.5, 0.6) is 0 Å². The summed E-state index contributed by atoms with van der Waals surface area (Å²) in [4.78, 5) is 24.8. The topological polar surface area (TPSA) is 59.3 Å². The maximum atomic E-state index is 12.7. The van der Waals surface area contributed by atoms with Crippen LogP contribution in [-0.2, 0) is 6.42 Å². The zero-order valence-corrected chi connectivity index (χ0v) is 20.2. The van der Waals surface area contributed by atoms with Gasteiger partial charge in [0.05, 0.1) is 5.02 Å². The molecule has 3 aromatic carbocycles. The minimum absolute atomic E-state index is 0.113. The van der Waals surface area contributed by atoms with Crippen LogP contribution in [0.2, 0.25) is 10.0 Å². The van der Waals surface area contributed by atoms with Crippen molar-refractivity contribution >= 4 is 40.1 Å². The van der Waals surface area contributed by atoms with Gasteiger partial charge >= 0.3 is 0 Å². The van der Waals surface area contributed by atoms with E-state index in [0.717, 1.165) is 29.4 Å². The molecule has 5 rings (SSSR count). The third-order valence-electron chi connectivity index (χ3n) is 5.94. The molecule has 1 aliphatic carbocycles. The average Bonchev–Trinajstić information content (AvgIpc) is 2.87. The van der Waals surface area contributed by atoms with Gasteiger partial charge in [0.2, 0.25) is 5.43 Å². The van der Waals surface area contributed by atoms with E-state index in [1.54, 1.807) is 30.3 Å². The zero-order chi connectivity index (χ0) is 24.4. The van der Waals surface area contributed by atoms with Crippen molar-refractivity contribution in [3.05, 3.63) is 116 Å². The number of aryl methyl sites for hydroxylation is 1. The molecule has 1 aliphatic heterocycles. The number of nitrogens with one attached hydrogen (secondary N) is 1. The second-order valence-corrected chi connectivity index (χ2v) is 9.16. The van der Waals surface area contributed by atoms with Gasteiger partial charge in [-0.15, -0.1) is 0 Å². The van der Waals surface area contributed by atoms with E-state index >= 15 is 0 Å². The van der Waals surface area contributed by atoms with E-state index in [1.807, 2.05) is 36.4 Å². The molecule has 1 amide bonds. The molecule has 0 fully saturated rings. The molecule has 35 heavy (non-hydrogen) atoms. The molecule has 3 aromatic rings. The first kappa shape index (κ1) is 23.2. The van der Waals surface area contributed by atoms with Crippen LogP contribution in [0.15, 0.2) is 94.1 Å². The SMILES string of the molecule is O=C(NCCCc1ccccc1)c1ccc(-c2c3cc(Cl)c(=O)cc-3oc3ccc(Cl)cc23)cc1. The highest BCUT2D eigenvalue weighted by molar-refractivity contribution is 6.32. The van der Waals surface area contributed by atoms with Gasteiger partial charge in [-0.3, -0.25) is 9.59 Å². The van der Waals surface area contributed by atoms with Crippen LogP contribution >= 0.6 is 23.2 Å². The van der Waals surface area contributed by atoms with Crippen molar-refractivity contribution in [3.63, 3.8) is 0 Å². The van der Waals surface area contributed by atoms with Crippen LogP contribution < -0.4 is 10.7 Å². The summed E-state index contributed by atoms with van der Waals surface area (Å²) in [6.45, 7) is 0.597. The predicted octanol–water partition coefficient (Wildman–Crippen LogP) is 7.23. The maximum absolute atomic E-state index is 12.7. The first-order chi connectivity index (χ1) is 17.0. The van der Waals surface area contributed by atoms with E-state index < -0.39 is 0 Å². The molecule has 1 heterocycles. The Morgan fingerprint density at radius 3 is 2.43 bits per heavy atom. The Balaban J connectivity index is 1.42. The lowest BCUT2D eigenvalue weighted by Crippen LogP contribution is -2.24. The number of carbonyl (C=O) groups is 1. The molecule has 0 unspecified atom stereocenters. The van der Waals surface area contributed by atoms with Gasteiger partial charge in [0, 0.05) is 39.7 Å². The van der Waals surface area contributed by atoms with Gasteiger partial charge in [-0.2, -0.15) is 0 Å². The van der Waals surface area contributed by atoms with Crippen molar-refractivity contribution in [3.8, 4) is 22.5 Å². The van der Waals surface area contributed by atoms with Gasteiger partial charge in [-0.1, -0.05) is 65.7 Å². The fourth-order valence-corrected chi connectivity index (χ4v) is 4.54. The summed E-state index contributed by atoms with van der Waals surface area (Å²) in [6.07, 6.45) is 1.78. The smallest absolute Gasteiger partial charge is 0.251 e. The van der Waals surface area contributed by atoms with Gasteiger partial charge in [0.15, 0.2) is 0 Å². The maximum Gasteiger partial charge on any atom is 0.251 e. The Labute approximate surface area is 212 Å². The lowest BCUT2D eigenvalue weighted by molar-refractivity contribution is 0.0953. The average molecular weight is 502 g/mol. The molecule has 6 heteroatoms. The van der Waals surface area contributed by atoms with Gasteiger partial charge < -0.3 is 9.73 Å². The van der Waals surface area contributed by atoms with Gasteiger partial charge in [-0.05, 0) is 60.4 Å². The monoisotopic (exact) mass is 501 g/mol. The molecule has 0 saturated carbocycles. The van der Waals surface area contributed by atoms with E-state index in [4.69, 9.17) is 27.6 Å². The molecule has 174 valence electrons. The summed E-state index contributed by atoms with van der Waals surface area (Å²) in [6, 6.07) is 25.9. The van der Waals surface area contributed by atoms with Crippen LogP contribution in [0, 0.1) is 0 Å². The summed E-state index contributed by atoms with van der Waals surface area (Å²) in [5.74, 6) is 0.314. The van der Waals surface area contributed by atoms with Crippen LogP contribution in [0.25, 0.3) is 33.4 Å². The van der Waals surface area contributed by atoms with Crippen molar-refractivity contribution in [1.82, 2.24) is 5.32 Å². The molecule has 0 atom stereocenters. The molecule has 1 N–H and O–H groups in total. The Kier molecular flexibility index (Phi) is 6.58. The fourth-order valence-electron chi connectivity index (χ4n) is 4.21. The molecule has 0 aromatic heterocycles. The van der Waals surface area contributed by atoms with Crippen LogP contribution in [0.3, 0.4) is 0 Å². The summed E-state index contributed by atoms with van der Waals surface area (Å²) in [7, 11) is 0. The Morgan fingerprint density at radius 2 is 1.66 bits per heavy atom. The third kappa shape index (κ3) is 4.95. The number of carbonyl (C=O) groups excluding carboxylic acids is 1. The highest BCUT2D eigenvalue weighted by Crippen LogP contribution is 2.41. The van der Waals surface area contributed by atoms with E-state index in [1.165, 1.54) is 11.6 Å². The predicted molar refractivity (Wildman–Crippen MR) is 142 cm³/mol. The number of benzene rings is 4. The fraction of sp³-hybridized carbons (Fsp3) is 0.103. The molecular formula is C29H21Cl2NO3. The van der Waals surface area contributed by atoms with E-state index in [0.29, 0.717) is 34.0 Å². The molecular weight excluding hydrogens is 481 g/mol. The Hall–Kier alpha value is -3.60. The molecule has 0 radical (unpaired) electrons. The summed E-state index contributed by atoms with van der Waals surface area (Å²) in [5.41, 5.74) is 4.50. The normalized spacial score (nSPS) is 11.1. The highest BCUT2D eigenvalue weighted by Gasteiger charge is 2.19. The van der Waals surface area contributed by atoms with Gasteiger partial charge in [0.25, 0.3) is 5.91 Å². The Morgan fingerprint density at radius 1 is 0.886 bits per heavy atom. The number of fused-ring (bicyclic) bond motifs is 2. The van der Waals surface area contributed by atoms with Crippen LogP contribution in [-0.4, -0.2) is 12.5 Å². The van der Waals surface area contributed by atoms with Crippen molar-refractivity contribution in [1.29, 1.82) is 0 Å². The molecule has 0 bridgehead atoms. The van der Waals surface area contributed by atoms with E-state index in [2.05, 4.69) is 17.4 Å². The number of hydrogen-bond donors (Lipinski definition) is 1. The lowest BCUT2D eigenvalue weighted by Gasteiger charge is -2.16. The van der Waals surface area contributed by atoms with Crippen molar-refractivity contribution in [2.75, 3.05) is 6.54 Å². The second kappa shape index (κ2) is 9.95. The second-order valence-electron chi connectivity index (χ2n) is 8.32. The highest BCUT2D eigenvalue weighted by atomic mass is 35.5. The Bertz CT molecular complexity index is 1540. The largest absolute Gasteiger partial charge is 0.456 e. The first-order valence-corrected chi connectivity index (χ1v) is 12.0. The zero-order valence-electron chi connectivity index (χ0n) is 18.7. The van der Waals surface area contributed by atoms with Gasteiger partial charge in [-0.25, -0.2) is 0 Å². The van der Waals surface area contributed by atoms with Crippen molar-refractivity contribution in [2.24, 2.45) is 0 Å². The van der Waals surface area contributed by atoms with Gasteiger partial charge in [0.1, 0.15) is 11.3 Å². The number of hydrogen-bond acceptors (Lipinski definition) is 3. The molecule has 0 spiro atoms. The molecule has 0 saturated heterocycles. The van der Waals surface area contributed by atoms with E-state index in [-0.39, 0.29) is 16.4 Å². The van der Waals surface area contributed by atoms with Crippen LogP contribution in [0.1, 0.15) is 22.3 Å². The third-order valence-corrected chi connectivity index (χ3v) is 6.47. The number of amides is 1. The number of halogens is 2. The molecule has 4 nitrogen and oxygen atoms in total. The number of rotatable bonds is 6. The minimum atomic E-state index is -0.304. The quantitative estimate of drug-likeness (QED) is 0.197. The van der Waals surface area contributed by atoms with E-state index in [9.17, 15) is 9.59 Å². The summed E-state index contributed by atoms with van der Waals surface area (Å²) >= 11 is 12.4. The van der Waals surface area contributed by atoms with Crippen molar-refractivity contribution < 1.29 is 9.21 Å². The standard InChI is InChI=1S/C29H21Cl2NO3/c30-21-12-13-26-22(15-21)28(23-16-24(31)25(33)17-27(23)35-26)19-8-10-20(11-9-19)29(34)32-14-4-7-18-5-2-1-3-6-18/h1-3,5-6,8-13,15-17H,4,7,14H2,(H,32,34). The van der Waals surface area contributed by atoms with Crippen LogP contribution in [0.4, 0.5) is 0 Å². The molecule has 2 aliphatic rings. The van der Waals surface area contributed by atoms with Crippen molar-refractivity contribution in [2.45, 2.75) is 12.8 Å². The minimum Gasteiger partial charge on any atom is -0.456 e. The summed E-state index contributed by atoms with van der Waals surface area (Å²) < 4.78 is 5.97. The summed E-state index contributed by atoms with van der Waals surface area (Å²) in [5, 5.41) is 4.45.